The van der Waals surface area contributed by atoms with Crippen LogP contribution in [0.25, 0.3) is 33.4 Å². The number of nitrogens with one attached hydrogen (secondary N) is 1. The van der Waals surface area contributed by atoms with E-state index in [2.05, 4.69) is 30.0 Å². The fourth-order valence-electron chi connectivity index (χ4n) is 4.05. The highest BCUT2D eigenvalue weighted by Gasteiger charge is 2.24. The zero-order valence-electron chi connectivity index (χ0n) is 18.3. The molecule has 1 saturated heterocycles. The van der Waals surface area contributed by atoms with Gasteiger partial charge >= 0.3 is 0 Å². The maximum Gasteiger partial charge on any atom is 0.211 e. The molecule has 1 aromatic carbocycles. The lowest BCUT2D eigenvalue weighted by atomic mass is 10.0. The third-order valence-corrected chi connectivity index (χ3v) is 7.10. The van der Waals surface area contributed by atoms with Crippen LogP contribution in [0.2, 0.25) is 0 Å². The van der Waals surface area contributed by atoms with Crippen LogP contribution in [0.3, 0.4) is 0 Å². The first-order valence-electron chi connectivity index (χ1n) is 10.4. The van der Waals surface area contributed by atoms with Gasteiger partial charge in [0.2, 0.25) is 10.0 Å². The van der Waals surface area contributed by atoms with Crippen molar-refractivity contribution in [2.24, 2.45) is 0 Å². The Morgan fingerprint density at radius 2 is 1.88 bits per heavy atom. The molecule has 1 N–H and O–H groups in total. The van der Waals surface area contributed by atoms with Gasteiger partial charge in [-0.2, -0.15) is 9.40 Å². The molecule has 0 spiro atoms. The average molecular weight is 466 g/mol. The lowest BCUT2D eigenvalue weighted by molar-refractivity contribution is 0.387. The van der Waals surface area contributed by atoms with Crippen LogP contribution in [-0.2, 0) is 10.0 Å². The summed E-state index contributed by atoms with van der Waals surface area (Å²) in [5.74, 6) is 1.49. The molecule has 1 aliphatic rings. The van der Waals surface area contributed by atoms with Gasteiger partial charge in [-0.25, -0.2) is 18.4 Å². The Kier molecular flexibility index (Phi) is 5.43. The largest absolute Gasteiger partial charge is 0.496 e. The van der Waals surface area contributed by atoms with Crippen molar-refractivity contribution in [2.75, 3.05) is 44.4 Å². The highest BCUT2D eigenvalue weighted by molar-refractivity contribution is 7.88. The van der Waals surface area contributed by atoms with Gasteiger partial charge < -0.3 is 9.64 Å². The number of anilines is 1. The normalized spacial score (nSPS) is 15.2. The summed E-state index contributed by atoms with van der Waals surface area (Å²) in [6.45, 7) is 1.99. The molecule has 11 heteroatoms. The van der Waals surface area contributed by atoms with E-state index >= 15 is 0 Å². The molecular formula is C22H23N7O3S. The molecule has 0 bridgehead atoms. The molecule has 3 aromatic heterocycles. The lowest BCUT2D eigenvalue weighted by Crippen LogP contribution is -2.48. The van der Waals surface area contributed by atoms with Crippen LogP contribution < -0.4 is 9.64 Å². The molecular weight excluding hydrogens is 442 g/mol. The number of H-pyrrole nitrogens is 1. The van der Waals surface area contributed by atoms with E-state index in [-0.39, 0.29) is 0 Å². The van der Waals surface area contributed by atoms with E-state index in [1.807, 2.05) is 30.3 Å². The summed E-state index contributed by atoms with van der Waals surface area (Å²) in [5, 5.41) is 8.50. The molecule has 0 unspecified atom stereocenters. The number of benzene rings is 1. The highest BCUT2D eigenvalue weighted by atomic mass is 32.2. The Morgan fingerprint density at radius 1 is 1.06 bits per heavy atom. The van der Waals surface area contributed by atoms with Gasteiger partial charge in [0.15, 0.2) is 0 Å². The van der Waals surface area contributed by atoms with Gasteiger partial charge in [-0.05, 0) is 23.8 Å². The summed E-state index contributed by atoms with van der Waals surface area (Å²) in [5.41, 5.74) is 4.14. The topological polar surface area (TPSA) is 117 Å². The SMILES string of the molecule is COc1ccncc1-c1ccc2[nH]nc(-c3cc(N4CCN(S(C)(=O)=O)CC4)ncn3)c2c1. The van der Waals surface area contributed by atoms with Crippen molar-refractivity contribution in [3.63, 3.8) is 0 Å². The van der Waals surface area contributed by atoms with Crippen LogP contribution in [0.4, 0.5) is 5.82 Å². The van der Waals surface area contributed by atoms with Crippen molar-refractivity contribution in [1.29, 1.82) is 0 Å². The molecule has 10 nitrogen and oxygen atoms in total. The predicted octanol–water partition coefficient (Wildman–Crippen LogP) is 2.17. The zero-order chi connectivity index (χ0) is 23.0. The van der Waals surface area contributed by atoms with Crippen LogP contribution in [0.5, 0.6) is 5.75 Å². The molecule has 0 aliphatic carbocycles. The lowest BCUT2D eigenvalue weighted by Gasteiger charge is -2.33. The first-order valence-corrected chi connectivity index (χ1v) is 12.3. The number of methoxy groups -OCH3 is 1. The molecule has 0 saturated carbocycles. The van der Waals surface area contributed by atoms with Crippen LogP contribution in [-0.4, -0.2) is 77.4 Å². The Labute approximate surface area is 191 Å². The molecule has 0 atom stereocenters. The number of sulfonamides is 1. The number of aromatic nitrogens is 5. The number of rotatable bonds is 5. The Balaban J connectivity index is 1.48. The van der Waals surface area contributed by atoms with Gasteiger partial charge in [0.1, 0.15) is 23.6 Å². The molecule has 4 aromatic rings. The summed E-state index contributed by atoms with van der Waals surface area (Å²) in [7, 11) is -1.55. The first-order chi connectivity index (χ1) is 15.9. The van der Waals surface area contributed by atoms with E-state index in [4.69, 9.17) is 4.74 Å². The minimum absolute atomic E-state index is 0.430. The molecule has 0 radical (unpaired) electrons. The summed E-state index contributed by atoms with van der Waals surface area (Å²) in [6, 6.07) is 9.73. The van der Waals surface area contributed by atoms with Gasteiger partial charge in [-0.15, -0.1) is 0 Å². The van der Waals surface area contributed by atoms with E-state index in [1.165, 1.54) is 16.9 Å². The van der Waals surface area contributed by atoms with Crippen LogP contribution >= 0.6 is 0 Å². The van der Waals surface area contributed by atoms with E-state index in [1.54, 1.807) is 19.5 Å². The quantitative estimate of drug-likeness (QED) is 0.477. The van der Waals surface area contributed by atoms with Crippen molar-refractivity contribution < 1.29 is 13.2 Å². The number of pyridine rings is 1. The second-order valence-corrected chi connectivity index (χ2v) is 9.80. The Bertz CT molecular complexity index is 1410. The molecule has 0 amide bonds. The van der Waals surface area contributed by atoms with Gasteiger partial charge in [0.25, 0.3) is 0 Å². The molecule has 5 rings (SSSR count). The van der Waals surface area contributed by atoms with Crippen LogP contribution in [0, 0.1) is 0 Å². The predicted molar refractivity (Wildman–Crippen MR) is 126 cm³/mol. The van der Waals surface area contributed by atoms with Gasteiger partial charge in [0.05, 0.1) is 24.6 Å². The zero-order valence-corrected chi connectivity index (χ0v) is 19.1. The summed E-state index contributed by atoms with van der Waals surface area (Å²) < 4.78 is 30.6. The smallest absolute Gasteiger partial charge is 0.211 e. The minimum Gasteiger partial charge on any atom is -0.496 e. The molecule has 1 aliphatic heterocycles. The van der Waals surface area contributed by atoms with E-state index in [0.29, 0.717) is 37.6 Å². The number of nitrogens with zero attached hydrogens (tertiary/aromatic N) is 6. The van der Waals surface area contributed by atoms with E-state index < -0.39 is 10.0 Å². The maximum atomic E-state index is 11.8. The molecule has 170 valence electrons. The standard InChI is InChI=1S/C22H23N7O3S/c1-32-20-5-6-23-13-17(20)15-3-4-18-16(11-15)22(27-26-18)19-12-21(25-14-24-19)28-7-9-29(10-8-28)33(2,30)31/h3-6,11-14H,7-10H2,1-2H3,(H,26,27). The van der Waals surface area contributed by atoms with Crippen LogP contribution in [0.15, 0.2) is 49.1 Å². The Morgan fingerprint density at radius 3 is 2.64 bits per heavy atom. The third-order valence-electron chi connectivity index (χ3n) is 5.80. The number of ether oxygens (including phenoxy) is 1. The van der Waals surface area contributed by atoms with Gasteiger partial charge in [0, 0.05) is 55.6 Å². The van der Waals surface area contributed by atoms with Crippen LogP contribution in [0.1, 0.15) is 0 Å². The maximum absolute atomic E-state index is 11.8. The first kappa shape index (κ1) is 21.3. The number of aromatic amines is 1. The van der Waals surface area contributed by atoms with Gasteiger partial charge in [-0.1, -0.05) is 6.07 Å². The fraction of sp³-hybridized carbons (Fsp3) is 0.273. The summed E-state index contributed by atoms with van der Waals surface area (Å²) >= 11 is 0. The number of fused-ring (bicyclic) bond motifs is 1. The molecule has 4 heterocycles. The van der Waals surface area contributed by atoms with Crippen molar-refractivity contribution in [3.05, 3.63) is 49.1 Å². The fourth-order valence-corrected chi connectivity index (χ4v) is 4.88. The van der Waals surface area contributed by atoms with Crippen molar-refractivity contribution in [3.8, 4) is 28.3 Å². The van der Waals surface area contributed by atoms with Crippen molar-refractivity contribution in [2.45, 2.75) is 0 Å². The minimum atomic E-state index is -3.19. The highest BCUT2D eigenvalue weighted by Crippen LogP contribution is 2.34. The summed E-state index contributed by atoms with van der Waals surface area (Å²) in [6.07, 6.45) is 6.23. The van der Waals surface area contributed by atoms with Crippen molar-refractivity contribution in [1.82, 2.24) is 29.5 Å². The van der Waals surface area contributed by atoms with Crippen molar-refractivity contribution >= 4 is 26.7 Å². The average Bonchev–Trinajstić information content (AvgIpc) is 3.27. The second kappa shape index (κ2) is 8.41. The number of hydrogen-bond acceptors (Lipinski definition) is 8. The number of hydrogen-bond donors (Lipinski definition) is 1. The third kappa shape index (κ3) is 4.12. The number of piperazine rings is 1. The van der Waals surface area contributed by atoms with E-state index in [9.17, 15) is 8.42 Å². The molecule has 33 heavy (non-hydrogen) atoms. The van der Waals surface area contributed by atoms with Gasteiger partial charge in [-0.3, -0.25) is 10.1 Å². The monoisotopic (exact) mass is 465 g/mol. The molecule has 1 fully saturated rings. The summed E-state index contributed by atoms with van der Waals surface area (Å²) in [4.78, 5) is 15.2. The van der Waals surface area contributed by atoms with E-state index in [0.717, 1.165) is 33.6 Å². The second-order valence-electron chi connectivity index (χ2n) is 7.82. The Hall–Kier alpha value is -3.57.